The van der Waals surface area contributed by atoms with Crippen LogP contribution in [0.25, 0.3) is 0 Å². The van der Waals surface area contributed by atoms with Crippen LogP contribution in [-0.2, 0) is 21.4 Å². The Morgan fingerprint density at radius 1 is 0.938 bits per heavy atom. The van der Waals surface area contributed by atoms with Crippen LogP contribution in [0.1, 0.15) is 30.0 Å². The number of rotatable bonds is 6. The van der Waals surface area contributed by atoms with Crippen molar-refractivity contribution in [1.82, 2.24) is 9.62 Å². The Bertz CT molecular complexity index is 1170. The van der Waals surface area contributed by atoms with Gasteiger partial charge in [-0.3, -0.25) is 4.79 Å². The summed E-state index contributed by atoms with van der Waals surface area (Å²) in [7, 11) is -3.87. The fourth-order valence-electron chi connectivity index (χ4n) is 4.12. The first-order chi connectivity index (χ1) is 15.4. The minimum absolute atomic E-state index is 0.0407. The van der Waals surface area contributed by atoms with Crippen molar-refractivity contribution in [3.05, 3.63) is 102 Å². The Hall–Kier alpha value is -3.03. The molecule has 1 aliphatic rings. The van der Waals surface area contributed by atoms with Crippen LogP contribution in [0, 0.1) is 11.7 Å². The van der Waals surface area contributed by atoms with Gasteiger partial charge in [0.25, 0.3) is 0 Å². The van der Waals surface area contributed by atoms with E-state index < -0.39 is 27.8 Å². The van der Waals surface area contributed by atoms with Gasteiger partial charge in [-0.15, -0.1) is 0 Å². The zero-order valence-electron chi connectivity index (χ0n) is 17.5. The van der Waals surface area contributed by atoms with E-state index in [1.165, 1.54) is 28.6 Å². The van der Waals surface area contributed by atoms with E-state index in [2.05, 4.69) is 5.32 Å². The van der Waals surface area contributed by atoms with Crippen LogP contribution in [0.15, 0.2) is 89.8 Å². The van der Waals surface area contributed by atoms with Gasteiger partial charge in [-0.05, 0) is 48.2 Å². The fraction of sp³-hybridized carbons (Fsp3) is 0.240. The number of carbonyl (C=O) groups is 1. The standard InChI is InChI=1S/C25H25FN2O3S/c26-22-11-7-10-20(16-22)24-15-14-21(25(29)27-17-19-8-3-1-4-9-19)18-28(24)32(30,31)23-12-5-2-6-13-23/h1-13,16,21,24H,14-15,17-18H2,(H,27,29). The third-order valence-corrected chi connectivity index (χ3v) is 7.69. The highest BCUT2D eigenvalue weighted by Crippen LogP contribution is 2.37. The lowest BCUT2D eigenvalue weighted by molar-refractivity contribution is -0.126. The summed E-state index contributed by atoms with van der Waals surface area (Å²) < 4.78 is 42.3. The van der Waals surface area contributed by atoms with Crippen molar-refractivity contribution < 1.29 is 17.6 Å². The summed E-state index contributed by atoms with van der Waals surface area (Å²) in [6.07, 6.45) is 0.946. The molecule has 2 unspecified atom stereocenters. The second-order valence-electron chi connectivity index (χ2n) is 7.94. The molecule has 1 saturated heterocycles. The summed E-state index contributed by atoms with van der Waals surface area (Å²) in [5, 5.41) is 2.92. The van der Waals surface area contributed by atoms with Crippen LogP contribution in [0.4, 0.5) is 4.39 Å². The maximum Gasteiger partial charge on any atom is 0.243 e. The number of nitrogens with zero attached hydrogens (tertiary/aromatic N) is 1. The van der Waals surface area contributed by atoms with Crippen LogP contribution in [0.2, 0.25) is 0 Å². The van der Waals surface area contributed by atoms with E-state index >= 15 is 0 Å². The number of sulfonamides is 1. The largest absolute Gasteiger partial charge is 0.352 e. The molecule has 0 aromatic heterocycles. The summed E-state index contributed by atoms with van der Waals surface area (Å²) in [5.74, 6) is -1.08. The molecule has 2 atom stereocenters. The summed E-state index contributed by atoms with van der Waals surface area (Å²) in [6, 6.07) is 23.2. The van der Waals surface area contributed by atoms with Crippen LogP contribution < -0.4 is 5.32 Å². The lowest BCUT2D eigenvalue weighted by Crippen LogP contribution is -2.46. The highest BCUT2D eigenvalue weighted by molar-refractivity contribution is 7.89. The number of carbonyl (C=O) groups excluding carboxylic acids is 1. The summed E-state index contributed by atoms with van der Waals surface area (Å²) in [6.45, 7) is 0.425. The van der Waals surface area contributed by atoms with Gasteiger partial charge in [0, 0.05) is 13.1 Å². The quantitative estimate of drug-likeness (QED) is 0.607. The van der Waals surface area contributed by atoms with Gasteiger partial charge in [-0.25, -0.2) is 12.8 Å². The minimum atomic E-state index is -3.87. The lowest BCUT2D eigenvalue weighted by Gasteiger charge is -2.38. The molecule has 0 aliphatic carbocycles. The molecular formula is C25H25FN2O3S. The molecule has 1 amide bonds. The molecule has 1 N–H and O–H groups in total. The highest BCUT2D eigenvalue weighted by Gasteiger charge is 2.40. The number of benzene rings is 3. The van der Waals surface area contributed by atoms with E-state index in [9.17, 15) is 17.6 Å². The van der Waals surface area contributed by atoms with Gasteiger partial charge in [0.05, 0.1) is 16.9 Å². The third kappa shape index (κ3) is 4.89. The van der Waals surface area contributed by atoms with E-state index in [1.807, 2.05) is 30.3 Å². The van der Waals surface area contributed by atoms with E-state index in [-0.39, 0.29) is 17.3 Å². The summed E-state index contributed by atoms with van der Waals surface area (Å²) in [5.41, 5.74) is 1.57. The fourth-order valence-corrected chi connectivity index (χ4v) is 5.83. The zero-order valence-corrected chi connectivity index (χ0v) is 18.3. The van der Waals surface area contributed by atoms with Gasteiger partial charge >= 0.3 is 0 Å². The molecule has 1 fully saturated rings. The SMILES string of the molecule is O=C(NCc1ccccc1)C1CCC(c2cccc(F)c2)N(S(=O)(=O)c2ccccc2)C1. The first-order valence-corrected chi connectivity index (χ1v) is 12.0. The second kappa shape index (κ2) is 9.63. The predicted octanol–water partition coefficient (Wildman–Crippen LogP) is 4.28. The second-order valence-corrected chi connectivity index (χ2v) is 9.83. The first-order valence-electron chi connectivity index (χ1n) is 10.6. The third-order valence-electron chi connectivity index (χ3n) is 5.80. The van der Waals surface area contributed by atoms with Crippen LogP contribution in [0.5, 0.6) is 0 Å². The molecule has 1 heterocycles. The van der Waals surface area contributed by atoms with Gasteiger partial charge in [-0.1, -0.05) is 60.7 Å². The summed E-state index contributed by atoms with van der Waals surface area (Å²) in [4.78, 5) is 13.0. The van der Waals surface area contributed by atoms with Crippen molar-refractivity contribution in [2.24, 2.45) is 5.92 Å². The van der Waals surface area contributed by atoms with Gasteiger partial charge in [0.1, 0.15) is 5.82 Å². The molecule has 3 aromatic carbocycles. The molecule has 3 aromatic rings. The van der Waals surface area contributed by atoms with E-state index in [0.717, 1.165) is 5.56 Å². The molecule has 0 radical (unpaired) electrons. The molecule has 7 heteroatoms. The van der Waals surface area contributed by atoms with Gasteiger partial charge in [0.15, 0.2) is 0 Å². The lowest BCUT2D eigenvalue weighted by atomic mass is 9.90. The molecule has 5 nitrogen and oxygen atoms in total. The molecular weight excluding hydrogens is 427 g/mol. The van der Waals surface area contributed by atoms with Crippen molar-refractivity contribution in [2.75, 3.05) is 6.54 Å². The molecule has 0 spiro atoms. The first kappa shape index (κ1) is 22.2. The van der Waals surface area contributed by atoms with Gasteiger partial charge in [0.2, 0.25) is 15.9 Å². The molecule has 32 heavy (non-hydrogen) atoms. The van der Waals surface area contributed by atoms with Gasteiger partial charge < -0.3 is 5.32 Å². The average Bonchev–Trinajstić information content (AvgIpc) is 2.83. The molecule has 0 saturated carbocycles. The van der Waals surface area contributed by atoms with Crippen LogP contribution in [-0.4, -0.2) is 25.2 Å². The van der Waals surface area contributed by atoms with Crippen molar-refractivity contribution in [2.45, 2.75) is 30.3 Å². The zero-order chi connectivity index (χ0) is 22.6. The van der Waals surface area contributed by atoms with E-state index in [4.69, 9.17) is 0 Å². The minimum Gasteiger partial charge on any atom is -0.352 e. The number of piperidine rings is 1. The predicted molar refractivity (Wildman–Crippen MR) is 120 cm³/mol. The monoisotopic (exact) mass is 452 g/mol. The number of nitrogens with one attached hydrogen (secondary N) is 1. The van der Waals surface area contributed by atoms with E-state index in [0.29, 0.717) is 24.9 Å². The Kier molecular flexibility index (Phi) is 6.67. The Morgan fingerprint density at radius 2 is 1.62 bits per heavy atom. The molecule has 4 rings (SSSR count). The Balaban J connectivity index is 1.59. The number of hydrogen-bond acceptors (Lipinski definition) is 3. The number of halogens is 1. The number of amides is 1. The van der Waals surface area contributed by atoms with Crippen molar-refractivity contribution in [3.63, 3.8) is 0 Å². The average molecular weight is 453 g/mol. The van der Waals surface area contributed by atoms with Crippen molar-refractivity contribution in [3.8, 4) is 0 Å². The highest BCUT2D eigenvalue weighted by atomic mass is 32.2. The summed E-state index contributed by atoms with van der Waals surface area (Å²) >= 11 is 0. The van der Waals surface area contributed by atoms with Crippen molar-refractivity contribution in [1.29, 1.82) is 0 Å². The normalized spacial score (nSPS) is 19.4. The Labute approximate surface area is 187 Å². The maximum atomic E-state index is 13.9. The molecule has 1 aliphatic heterocycles. The molecule has 166 valence electrons. The smallest absolute Gasteiger partial charge is 0.243 e. The molecule has 0 bridgehead atoms. The van der Waals surface area contributed by atoms with Crippen LogP contribution in [0.3, 0.4) is 0 Å². The van der Waals surface area contributed by atoms with Gasteiger partial charge in [-0.2, -0.15) is 4.31 Å². The maximum absolute atomic E-state index is 13.9. The Morgan fingerprint density at radius 3 is 2.31 bits per heavy atom. The topological polar surface area (TPSA) is 66.5 Å². The van der Waals surface area contributed by atoms with Crippen LogP contribution >= 0.6 is 0 Å². The van der Waals surface area contributed by atoms with Crippen molar-refractivity contribution >= 4 is 15.9 Å². The van der Waals surface area contributed by atoms with E-state index in [1.54, 1.807) is 30.3 Å². The number of hydrogen-bond donors (Lipinski definition) is 1.